The van der Waals surface area contributed by atoms with E-state index in [-0.39, 0.29) is 5.91 Å². The third kappa shape index (κ3) is 5.21. The Morgan fingerprint density at radius 3 is 2.76 bits per heavy atom. The number of piperidine rings is 1. The van der Waals surface area contributed by atoms with Crippen LogP contribution in [0, 0.1) is 0 Å². The second kappa shape index (κ2) is 10.2. The summed E-state index contributed by atoms with van der Waals surface area (Å²) in [5.41, 5.74) is 3.59. The van der Waals surface area contributed by atoms with Crippen LogP contribution in [-0.2, 0) is 16.1 Å². The van der Waals surface area contributed by atoms with Crippen LogP contribution < -0.4 is 4.90 Å². The number of carbonyl (C=O) groups is 1. The summed E-state index contributed by atoms with van der Waals surface area (Å²) >= 11 is 1.78. The largest absolute Gasteiger partial charge is 0.378 e. The first-order valence-corrected chi connectivity index (χ1v) is 12.7. The van der Waals surface area contributed by atoms with Crippen molar-refractivity contribution in [1.29, 1.82) is 0 Å². The van der Waals surface area contributed by atoms with Gasteiger partial charge in [0.2, 0.25) is 5.91 Å². The molecule has 2 aliphatic heterocycles. The predicted molar refractivity (Wildman–Crippen MR) is 134 cm³/mol. The third-order valence-corrected chi connectivity index (χ3v) is 7.82. The average molecular weight is 465 g/mol. The molecule has 2 aromatic carbocycles. The molecule has 1 amide bonds. The SMILES string of the molecule is CN(CC(=O)N1CCC[C@@H](c2nc3ccccc3s2)C1)Cc1ccccc1N1CCOCC1. The summed E-state index contributed by atoms with van der Waals surface area (Å²) in [4.78, 5) is 24.6. The maximum atomic E-state index is 13.2. The van der Waals surface area contributed by atoms with Gasteiger partial charge in [-0.2, -0.15) is 0 Å². The Bertz CT molecular complexity index is 1060. The lowest BCUT2D eigenvalue weighted by Gasteiger charge is -2.34. The Hall–Kier alpha value is -2.48. The van der Waals surface area contributed by atoms with Gasteiger partial charge in [0, 0.05) is 44.3 Å². The van der Waals surface area contributed by atoms with E-state index in [1.54, 1.807) is 11.3 Å². The number of likely N-dealkylation sites (tertiary alicyclic amines) is 1. The number of rotatable bonds is 6. The first kappa shape index (κ1) is 22.3. The minimum Gasteiger partial charge on any atom is -0.378 e. The van der Waals surface area contributed by atoms with Crippen molar-refractivity contribution in [2.45, 2.75) is 25.3 Å². The Kier molecular flexibility index (Phi) is 6.90. The molecule has 33 heavy (non-hydrogen) atoms. The molecule has 2 saturated heterocycles. The number of carbonyl (C=O) groups excluding carboxylic acids is 1. The number of aromatic nitrogens is 1. The summed E-state index contributed by atoms with van der Waals surface area (Å²) in [6.45, 7) is 6.19. The molecule has 7 heteroatoms. The molecule has 0 aliphatic carbocycles. The Labute approximate surface area is 199 Å². The Morgan fingerprint density at radius 2 is 1.91 bits per heavy atom. The summed E-state index contributed by atoms with van der Waals surface area (Å²) in [5, 5.41) is 1.17. The van der Waals surface area contributed by atoms with Gasteiger partial charge in [-0.25, -0.2) is 4.98 Å². The van der Waals surface area contributed by atoms with Gasteiger partial charge in [0.25, 0.3) is 0 Å². The highest BCUT2D eigenvalue weighted by Gasteiger charge is 2.27. The summed E-state index contributed by atoms with van der Waals surface area (Å²) < 4.78 is 6.74. The normalized spacial score (nSPS) is 19.4. The minimum atomic E-state index is 0.215. The van der Waals surface area contributed by atoms with E-state index in [1.807, 2.05) is 18.0 Å². The lowest BCUT2D eigenvalue weighted by molar-refractivity contribution is -0.133. The van der Waals surface area contributed by atoms with E-state index in [9.17, 15) is 4.79 Å². The fourth-order valence-corrected chi connectivity index (χ4v) is 6.00. The van der Waals surface area contributed by atoms with E-state index >= 15 is 0 Å². The molecule has 5 rings (SSSR count). The van der Waals surface area contributed by atoms with E-state index in [0.29, 0.717) is 12.5 Å². The fourth-order valence-electron chi connectivity index (χ4n) is 4.90. The molecular formula is C26H32N4O2S. The highest BCUT2D eigenvalue weighted by Crippen LogP contribution is 2.33. The van der Waals surface area contributed by atoms with Crippen molar-refractivity contribution in [2.75, 3.05) is 57.9 Å². The maximum absolute atomic E-state index is 13.2. The predicted octanol–water partition coefficient (Wildman–Crippen LogP) is 3.97. The van der Waals surface area contributed by atoms with Crippen LogP contribution in [0.2, 0.25) is 0 Å². The summed E-state index contributed by atoms with van der Waals surface area (Å²) in [6.07, 6.45) is 2.14. The molecule has 0 bridgehead atoms. The van der Waals surface area contributed by atoms with Crippen molar-refractivity contribution in [3.8, 4) is 0 Å². The van der Waals surface area contributed by atoms with Crippen molar-refractivity contribution in [1.82, 2.24) is 14.8 Å². The van der Waals surface area contributed by atoms with Gasteiger partial charge in [0.05, 0.1) is 35.0 Å². The highest BCUT2D eigenvalue weighted by molar-refractivity contribution is 7.18. The number of hydrogen-bond donors (Lipinski definition) is 0. The van der Waals surface area contributed by atoms with Crippen LogP contribution >= 0.6 is 11.3 Å². The van der Waals surface area contributed by atoms with Gasteiger partial charge >= 0.3 is 0 Å². The number of anilines is 1. The molecule has 3 aromatic rings. The second-order valence-corrected chi connectivity index (χ2v) is 10.2. The molecule has 1 aromatic heterocycles. The number of thiazole rings is 1. The van der Waals surface area contributed by atoms with Crippen LogP contribution in [0.1, 0.15) is 29.3 Å². The van der Waals surface area contributed by atoms with Gasteiger partial charge in [-0.15, -0.1) is 11.3 Å². The van der Waals surface area contributed by atoms with Crippen molar-refractivity contribution in [2.24, 2.45) is 0 Å². The Morgan fingerprint density at radius 1 is 1.12 bits per heavy atom. The molecule has 2 fully saturated rings. The van der Waals surface area contributed by atoms with Crippen LogP contribution in [0.15, 0.2) is 48.5 Å². The van der Waals surface area contributed by atoms with Crippen molar-refractivity contribution < 1.29 is 9.53 Å². The molecule has 174 valence electrons. The maximum Gasteiger partial charge on any atom is 0.236 e. The number of benzene rings is 2. The number of amides is 1. The highest BCUT2D eigenvalue weighted by atomic mass is 32.1. The average Bonchev–Trinajstić information content (AvgIpc) is 3.29. The zero-order valence-corrected chi connectivity index (χ0v) is 20.1. The number of likely N-dealkylation sites (N-methyl/N-ethyl adjacent to an activating group) is 1. The number of hydrogen-bond acceptors (Lipinski definition) is 6. The van der Waals surface area contributed by atoms with E-state index in [2.05, 4.69) is 52.3 Å². The molecule has 2 aliphatic rings. The van der Waals surface area contributed by atoms with Gasteiger partial charge < -0.3 is 14.5 Å². The molecule has 1 atom stereocenters. The topological polar surface area (TPSA) is 48.9 Å². The number of fused-ring (bicyclic) bond motifs is 1. The minimum absolute atomic E-state index is 0.215. The van der Waals surface area contributed by atoms with E-state index in [0.717, 1.165) is 64.3 Å². The summed E-state index contributed by atoms with van der Waals surface area (Å²) in [6, 6.07) is 16.8. The van der Waals surface area contributed by atoms with Crippen LogP contribution in [0.4, 0.5) is 5.69 Å². The molecule has 0 radical (unpaired) electrons. The van der Waals surface area contributed by atoms with Gasteiger partial charge in [-0.3, -0.25) is 9.69 Å². The number of morpholine rings is 1. The first-order valence-electron chi connectivity index (χ1n) is 11.9. The van der Waals surface area contributed by atoms with Crippen molar-refractivity contribution in [3.63, 3.8) is 0 Å². The van der Waals surface area contributed by atoms with E-state index < -0.39 is 0 Å². The van der Waals surface area contributed by atoms with Crippen molar-refractivity contribution in [3.05, 3.63) is 59.1 Å². The molecule has 6 nitrogen and oxygen atoms in total. The van der Waals surface area contributed by atoms with Gasteiger partial charge in [-0.05, 0) is 43.7 Å². The quantitative estimate of drug-likeness (QED) is 0.553. The van der Waals surface area contributed by atoms with Crippen LogP contribution in [0.5, 0.6) is 0 Å². The fraction of sp³-hybridized carbons (Fsp3) is 0.462. The standard InChI is InChI=1S/C26H32N4O2S/c1-28(17-20-7-2-4-10-23(20)29-13-15-32-16-14-29)19-25(31)30-12-6-8-21(18-30)26-27-22-9-3-5-11-24(22)33-26/h2-5,7,9-11,21H,6,8,12-19H2,1H3/t21-/m1/s1. The molecule has 0 unspecified atom stereocenters. The molecule has 0 N–H and O–H groups in total. The van der Waals surface area contributed by atoms with Crippen LogP contribution in [0.3, 0.4) is 0 Å². The Balaban J connectivity index is 1.20. The lowest BCUT2D eigenvalue weighted by Crippen LogP contribution is -2.43. The van der Waals surface area contributed by atoms with Gasteiger partial charge in [0.15, 0.2) is 0 Å². The zero-order valence-electron chi connectivity index (χ0n) is 19.3. The molecule has 0 saturated carbocycles. The van der Waals surface area contributed by atoms with Crippen LogP contribution in [-0.4, -0.2) is 73.7 Å². The van der Waals surface area contributed by atoms with Gasteiger partial charge in [0.1, 0.15) is 0 Å². The molecule has 3 heterocycles. The number of ether oxygens (including phenoxy) is 1. The van der Waals surface area contributed by atoms with Gasteiger partial charge in [-0.1, -0.05) is 30.3 Å². The second-order valence-electron chi connectivity index (χ2n) is 9.10. The monoisotopic (exact) mass is 464 g/mol. The van der Waals surface area contributed by atoms with Crippen LogP contribution in [0.25, 0.3) is 10.2 Å². The van der Waals surface area contributed by atoms with Crippen molar-refractivity contribution >= 4 is 33.1 Å². The summed E-state index contributed by atoms with van der Waals surface area (Å²) in [5.74, 6) is 0.555. The number of para-hydroxylation sites is 2. The molecule has 0 spiro atoms. The lowest BCUT2D eigenvalue weighted by atomic mass is 9.98. The third-order valence-electron chi connectivity index (χ3n) is 6.62. The van der Waals surface area contributed by atoms with E-state index in [1.165, 1.54) is 21.0 Å². The first-order chi connectivity index (χ1) is 16.2. The number of nitrogens with zero attached hydrogens (tertiary/aromatic N) is 4. The van der Waals surface area contributed by atoms with E-state index in [4.69, 9.17) is 9.72 Å². The summed E-state index contributed by atoms with van der Waals surface area (Å²) in [7, 11) is 2.04. The zero-order chi connectivity index (χ0) is 22.6. The molecular weight excluding hydrogens is 432 g/mol. The smallest absolute Gasteiger partial charge is 0.236 e.